The summed E-state index contributed by atoms with van der Waals surface area (Å²) in [5.41, 5.74) is 3.42. The molecule has 3 N–H and O–H groups in total. The van der Waals surface area contributed by atoms with Crippen molar-refractivity contribution in [2.24, 2.45) is 0 Å². The Hall–Kier alpha value is -3.43. The van der Waals surface area contributed by atoms with Gasteiger partial charge in [-0.2, -0.15) is 5.10 Å². The number of H-pyrrole nitrogens is 1. The van der Waals surface area contributed by atoms with E-state index >= 15 is 0 Å². The Balaban J connectivity index is 1.18. The zero-order chi connectivity index (χ0) is 22.7. The van der Waals surface area contributed by atoms with E-state index < -0.39 is 5.60 Å². The summed E-state index contributed by atoms with van der Waals surface area (Å²) in [6, 6.07) is 13.4. The smallest absolute Gasteiger partial charge is 0.253 e. The molecule has 1 saturated heterocycles. The van der Waals surface area contributed by atoms with Gasteiger partial charge in [-0.3, -0.25) is 19.9 Å². The van der Waals surface area contributed by atoms with Crippen molar-refractivity contribution in [2.45, 2.75) is 29.8 Å². The van der Waals surface area contributed by atoms with Crippen LogP contribution < -0.4 is 4.72 Å². The summed E-state index contributed by atoms with van der Waals surface area (Å²) < 4.78 is 3.31. The molecule has 9 heteroatoms. The topological polar surface area (TPSA) is 107 Å². The molecular formula is C24H24N6O2S. The summed E-state index contributed by atoms with van der Waals surface area (Å²) >= 11 is 1.46. The Morgan fingerprint density at radius 1 is 1.12 bits per heavy atom. The highest BCUT2D eigenvalue weighted by molar-refractivity contribution is 8.00. The van der Waals surface area contributed by atoms with Crippen molar-refractivity contribution in [3.05, 3.63) is 78.4 Å². The first-order valence-electron chi connectivity index (χ1n) is 10.8. The van der Waals surface area contributed by atoms with Gasteiger partial charge in [0.1, 0.15) is 5.52 Å². The summed E-state index contributed by atoms with van der Waals surface area (Å²) in [5.74, 6) is -0.0103. The van der Waals surface area contributed by atoms with Gasteiger partial charge in [-0.1, -0.05) is 6.07 Å². The number of hydrogen-bond donors (Lipinski definition) is 3. The van der Waals surface area contributed by atoms with Crippen LogP contribution in [0.5, 0.6) is 0 Å². The first kappa shape index (κ1) is 21.4. The summed E-state index contributed by atoms with van der Waals surface area (Å²) in [7, 11) is 0. The van der Waals surface area contributed by atoms with E-state index in [4.69, 9.17) is 0 Å². The van der Waals surface area contributed by atoms with E-state index in [1.165, 1.54) is 11.9 Å². The molecule has 1 fully saturated rings. The van der Waals surface area contributed by atoms with Crippen molar-refractivity contribution >= 4 is 34.6 Å². The summed E-state index contributed by atoms with van der Waals surface area (Å²) in [5, 5.41) is 17.6. The highest BCUT2D eigenvalue weighted by Crippen LogP contribution is 2.29. The lowest BCUT2D eigenvalue weighted by Crippen LogP contribution is -2.47. The van der Waals surface area contributed by atoms with Gasteiger partial charge in [0.2, 0.25) is 0 Å². The predicted molar refractivity (Wildman–Crippen MR) is 128 cm³/mol. The first-order valence-corrected chi connectivity index (χ1v) is 11.6. The number of aromatic amines is 1. The molecule has 0 unspecified atom stereocenters. The normalized spacial score (nSPS) is 15.5. The van der Waals surface area contributed by atoms with Gasteiger partial charge < -0.3 is 14.7 Å². The van der Waals surface area contributed by atoms with Crippen LogP contribution in [0.2, 0.25) is 0 Å². The molecule has 33 heavy (non-hydrogen) atoms. The van der Waals surface area contributed by atoms with Crippen molar-refractivity contribution in [3.8, 4) is 0 Å². The standard InChI is InChI=1S/C24H24N6O2S/c31-23(30-12-8-24(32,9-13-30)14-17-15-27-28-16-17)18-4-6-19(7-5-18)29-33-21-3-1-2-20-22(21)26-11-10-25-20/h1-7,10-11,15-16,29,32H,8-9,12-14H2,(H,27,28). The van der Waals surface area contributed by atoms with Crippen LogP contribution in [0.25, 0.3) is 11.0 Å². The van der Waals surface area contributed by atoms with Gasteiger partial charge in [0.25, 0.3) is 5.91 Å². The molecule has 1 amide bonds. The number of amides is 1. The molecule has 1 aliphatic heterocycles. The third kappa shape index (κ3) is 4.84. The van der Waals surface area contributed by atoms with Gasteiger partial charge in [-0.25, -0.2) is 0 Å². The number of aromatic nitrogens is 4. The lowest BCUT2D eigenvalue weighted by atomic mass is 9.86. The van der Waals surface area contributed by atoms with E-state index in [0.717, 1.165) is 27.2 Å². The molecule has 0 atom stereocenters. The number of nitrogens with zero attached hydrogens (tertiary/aromatic N) is 4. The van der Waals surface area contributed by atoms with E-state index in [0.29, 0.717) is 37.9 Å². The van der Waals surface area contributed by atoms with Crippen molar-refractivity contribution in [1.29, 1.82) is 0 Å². The van der Waals surface area contributed by atoms with Crippen LogP contribution in [0, 0.1) is 0 Å². The van der Waals surface area contributed by atoms with Gasteiger partial charge in [0.15, 0.2) is 0 Å². The molecule has 4 aromatic rings. The third-order valence-electron chi connectivity index (χ3n) is 5.94. The summed E-state index contributed by atoms with van der Waals surface area (Å²) in [6.45, 7) is 1.07. The second-order valence-corrected chi connectivity index (χ2v) is 9.11. The number of likely N-dealkylation sites (tertiary alicyclic amines) is 1. The lowest BCUT2D eigenvalue weighted by Gasteiger charge is -2.38. The van der Waals surface area contributed by atoms with Crippen LogP contribution in [0.4, 0.5) is 5.69 Å². The van der Waals surface area contributed by atoms with Crippen LogP contribution in [0.15, 0.2) is 72.1 Å². The minimum atomic E-state index is -0.794. The minimum absolute atomic E-state index is 0.0103. The second-order valence-electron chi connectivity index (χ2n) is 8.26. The number of rotatable bonds is 6. The van der Waals surface area contributed by atoms with Crippen molar-refractivity contribution in [3.63, 3.8) is 0 Å². The number of para-hydroxylation sites is 1. The zero-order valence-electron chi connectivity index (χ0n) is 17.9. The fraction of sp³-hybridized carbons (Fsp3) is 0.250. The first-order chi connectivity index (χ1) is 16.1. The maximum absolute atomic E-state index is 13.0. The molecule has 0 aliphatic carbocycles. The molecule has 0 radical (unpaired) electrons. The van der Waals surface area contributed by atoms with E-state index in [1.54, 1.807) is 24.8 Å². The van der Waals surface area contributed by atoms with Gasteiger partial charge in [-0.15, -0.1) is 0 Å². The van der Waals surface area contributed by atoms with Crippen LogP contribution in [-0.4, -0.2) is 54.8 Å². The maximum atomic E-state index is 13.0. The molecule has 0 bridgehead atoms. The number of nitrogens with one attached hydrogen (secondary N) is 2. The molecule has 2 aromatic carbocycles. The zero-order valence-corrected chi connectivity index (χ0v) is 18.8. The summed E-state index contributed by atoms with van der Waals surface area (Å²) in [6.07, 6.45) is 8.55. The second kappa shape index (κ2) is 9.21. The minimum Gasteiger partial charge on any atom is -0.389 e. The molecule has 0 spiro atoms. The number of benzene rings is 2. The average Bonchev–Trinajstić information content (AvgIpc) is 3.35. The molecule has 2 aromatic heterocycles. The van der Waals surface area contributed by atoms with Crippen molar-refractivity contribution in [1.82, 2.24) is 25.1 Å². The molecular weight excluding hydrogens is 436 g/mol. The number of hydrogen-bond acceptors (Lipinski definition) is 7. The number of anilines is 1. The molecule has 1 aliphatic rings. The number of carbonyl (C=O) groups is 1. The summed E-state index contributed by atoms with van der Waals surface area (Å²) in [4.78, 5) is 24.5. The van der Waals surface area contributed by atoms with Crippen LogP contribution in [0.3, 0.4) is 0 Å². The largest absolute Gasteiger partial charge is 0.389 e. The Morgan fingerprint density at radius 2 is 1.91 bits per heavy atom. The highest BCUT2D eigenvalue weighted by atomic mass is 32.2. The van der Waals surface area contributed by atoms with Gasteiger partial charge in [0, 0.05) is 49.4 Å². The Morgan fingerprint density at radius 3 is 2.67 bits per heavy atom. The molecule has 8 nitrogen and oxygen atoms in total. The molecule has 3 heterocycles. The SMILES string of the molecule is O=C(c1ccc(NSc2cccc3nccnc23)cc1)N1CCC(O)(Cc2cn[nH]c2)CC1. The van der Waals surface area contributed by atoms with E-state index in [1.807, 2.05) is 47.4 Å². The number of aliphatic hydroxyl groups is 1. The van der Waals surface area contributed by atoms with Crippen LogP contribution in [0.1, 0.15) is 28.8 Å². The van der Waals surface area contributed by atoms with Gasteiger partial charge in [0.05, 0.1) is 22.2 Å². The van der Waals surface area contributed by atoms with Crippen molar-refractivity contribution < 1.29 is 9.90 Å². The van der Waals surface area contributed by atoms with E-state index in [2.05, 4.69) is 24.9 Å². The Bertz CT molecular complexity index is 1230. The quantitative estimate of drug-likeness (QED) is 0.377. The number of fused-ring (bicyclic) bond motifs is 1. The number of carbonyl (C=O) groups excluding carboxylic acids is 1. The lowest BCUT2D eigenvalue weighted by molar-refractivity contribution is -0.0162. The van der Waals surface area contributed by atoms with Crippen LogP contribution in [-0.2, 0) is 6.42 Å². The van der Waals surface area contributed by atoms with E-state index in [-0.39, 0.29) is 5.91 Å². The van der Waals surface area contributed by atoms with Crippen LogP contribution >= 0.6 is 11.9 Å². The Kier molecular flexibility index (Phi) is 5.97. The maximum Gasteiger partial charge on any atom is 0.253 e. The predicted octanol–water partition coefficient (Wildman–Crippen LogP) is 3.68. The monoisotopic (exact) mass is 460 g/mol. The van der Waals surface area contributed by atoms with Gasteiger partial charge >= 0.3 is 0 Å². The molecule has 0 saturated carbocycles. The Labute approximate surface area is 195 Å². The highest BCUT2D eigenvalue weighted by Gasteiger charge is 2.34. The fourth-order valence-corrected chi connectivity index (χ4v) is 4.85. The molecule has 5 rings (SSSR count). The number of piperidine rings is 1. The van der Waals surface area contributed by atoms with Crippen molar-refractivity contribution in [2.75, 3.05) is 17.8 Å². The van der Waals surface area contributed by atoms with E-state index in [9.17, 15) is 9.90 Å². The molecule has 168 valence electrons. The average molecular weight is 461 g/mol. The van der Waals surface area contributed by atoms with Gasteiger partial charge in [-0.05, 0) is 66.8 Å². The fourth-order valence-electron chi connectivity index (χ4n) is 4.08. The third-order valence-corrected chi connectivity index (χ3v) is 6.83.